The van der Waals surface area contributed by atoms with Crippen LogP contribution in [-0.4, -0.2) is 28.9 Å². The number of rotatable bonds is 6. The second-order valence-electron chi connectivity index (χ2n) is 7.17. The summed E-state index contributed by atoms with van der Waals surface area (Å²) in [5, 5.41) is 14.8. The van der Waals surface area contributed by atoms with Gasteiger partial charge in [0.15, 0.2) is 0 Å². The van der Waals surface area contributed by atoms with E-state index in [1.165, 1.54) is 0 Å². The van der Waals surface area contributed by atoms with Crippen molar-refractivity contribution < 1.29 is 19.5 Å². The van der Waals surface area contributed by atoms with Crippen molar-refractivity contribution in [2.75, 3.05) is 5.32 Å². The average Bonchev–Trinajstić information content (AvgIpc) is 2.61. The number of amides is 2. The highest BCUT2D eigenvalue weighted by Gasteiger charge is 2.29. The van der Waals surface area contributed by atoms with E-state index in [1.807, 2.05) is 13.8 Å². The molecule has 0 radical (unpaired) electrons. The molecule has 0 unspecified atom stereocenters. The fraction of sp³-hybridized carbons (Fsp3) is 0.286. The van der Waals surface area contributed by atoms with Gasteiger partial charge < -0.3 is 15.7 Å². The quantitative estimate of drug-likeness (QED) is 0.728. The Bertz CT molecular complexity index is 837. The first-order valence-corrected chi connectivity index (χ1v) is 8.67. The summed E-state index contributed by atoms with van der Waals surface area (Å²) in [7, 11) is 0. The average molecular weight is 368 g/mol. The van der Waals surface area contributed by atoms with Crippen LogP contribution in [0.15, 0.2) is 48.5 Å². The molecule has 0 aliphatic heterocycles. The number of hydrogen-bond donors (Lipinski definition) is 3. The Hall–Kier alpha value is -3.15. The summed E-state index contributed by atoms with van der Waals surface area (Å²) in [6.07, 6.45) is 0. The van der Waals surface area contributed by atoms with Crippen LogP contribution >= 0.6 is 0 Å². The molecule has 2 aromatic rings. The summed E-state index contributed by atoms with van der Waals surface area (Å²) in [5.74, 6) is -1.41. The predicted octanol–water partition coefficient (Wildman–Crippen LogP) is 3.44. The second-order valence-corrected chi connectivity index (χ2v) is 7.17. The van der Waals surface area contributed by atoms with E-state index < -0.39 is 11.4 Å². The molecule has 2 aromatic carbocycles. The molecule has 0 aliphatic carbocycles. The maximum Gasteiger partial charge on any atom is 0.313 e. The van der Waals surface area contributed by atoms with Crippen LogP contribution < -0.4 is 10.6 Å². The molecule has 6 heteroatoms. The summed E-state index contributed by atoms with van der Waals surface area (Å²) < 4.78 is 0. The van der Waals surface area contributed by atoms with Gasteiger partial charge in [0.1, 0.15) is 0 Å². The molecule has 0 fully saturated rings. The Balaban J connectivity index is 2.07. The summed E-state index contributed by atoms with van der Waals surface area (Å²) in [4.78, 5) is 35.6. The molecule has 0 bridgehead atoms. The van der Waals surface area contributed by atoms with Gasteiger partial charge in [0.2, 0.25) is 0 Å². The third-order valence-electron chi connectivity index (χ3n) is 4.23. The molecular formula is C21H24N2O4. The van der Waals surface area contributed by atoms with E-state index in [1.54, 1.807) is 62.4 Å². The zero-order chi connectivity index (χ0) is 20.2. The lowest BCUT2D eigenvalue weighted by Gasteiger charge is -2.19. The van der Waals surface area contributed by atoms with Gasteiger partial charge in [-0.05, 0) is 69.7 Å². The molecule has 142 valence electrons. The summed E-state index contributed by atoms with van der Waals surface area (Å²) in [6, 6.07) is 13.1. The molecule has 0 aromatic heterocycles. The van der Waals surface area contributed by atoms with Crippen LogP contribution in [0.1, 0.15) is 54.0 Å². The fourth-order valence-corrected chi connectivity index (χ4v) is 2.42. The minimum absolute atomic E-state index is 0.0366. The molecule has 0 atom stereocenters. The van der Waals surface area contributed by atoms with E-state index in [9.17, 15) is 19.5 Å². The number of aliphatic carboxylic acids is 1. The van der Waals surface area contributed by atoms with Crippen molar-refractivity contribution in [3.63, 3.8) is 0 Å². The summed E-state index contributed by atoms with van der Waals surface area (Å²) >= 11 is 0. The predicted molar refractivity (Wildman–Crippen MR) is 104 cm³/mol. The van der Waals surface area contributed by atoms with Gasteiger partial charge in [-0.15, -0.1) is 0 Å². The van der Waals surface area contributed by atoms with Crippen molar-refractivity contribution in [1.29, 1.82) is 0 Å². The zero-order valence-electron chi connectivity index (χ0n) is 15.9. The van der Waals surface area contributed by atoms with Gasteiger partial charge in [-0.1, -0.05) is 12.1 Å². The Labute approximate surface area is 158 Å². The number of hydrogen-bond acceptors (Lipinski definition) is 3. The molecule has 0 aliphatic rings. The molecule has 3 N–H and O–H groups in total. The van der Waals surface area contributed by atoms with E-state index in [2.05, 4.69) is 10.6 Å². The lowest BCUT2D eigenvalue weighted by atomic mass is 9.85. The monoisotopic (exact) mass is 368 g/mol. The van der Waals surface area contributed by atoms with Crippen molar-refractivity contribution >= 4 is 23.5 Å². The first-order valence-electron chi connectivity index (χ1n) is 8.67. The Morgan fingerprint density at radius 3 is 1.78 bits per heavy atom. The van der Waals surface area contributed by atoms with Gasteiger partial charge in [0, 0.05) is 22.9 Å². The van der Waals surface area contributed by atoms with Gasteiger partial charge in [0.25, 0.3) is 11.8 Å². The number of anilines is 1. The van der Waals surface area contributed by atoms with Gasteiger partial charge >= 0.3 is 5.97 Å². The van der Waals surface area contributed by atoms with Gasteiger partial charge in [-0.2, -0.15) is 0 Å². The molecule has 6 nitrogen and oxygen atoms in total. The highest BCUT2D eigenvalue weighted by atomic mass is 16.4. The third-order valence-corrected chi connectivity index (χ3v) is 4.23. The van der Waals surface area contributed by atoms with Crippen LogP contribution in [-0.2, 0) is 10.2 Å². The smallest absolute Gasteiger partial charge is 0.313 e. The number of carboxylic acid groups (broad SMARTS) is 1. The molecule has 0 spiro atoms. The van der Waals surface area contributed by atoms with Crippen molar-refractivity contribution in [1.82, 2.24) is 5.32 Å². The second kappa shape index (κ2) is 8.03. The fourth-order valence-electron chi connectivity index (χ4n) is 2.42. The van der Waals surface area contributed by atoms with Crippen LogP contribution in [0.4, 0.5) is 5.69 Å². The van der Waals surface area contributed by atoms with Crippen molar-refractivity contribution in [3.8, 4) is 0 Å². The number of carbonyl (C=O) groups is 3. The van der Waals surface area contributed by atoms with E-state index in [0.29, 0.717) is 22.4 Å². The Morgan fingerprint density at radius 1 is 0.852 bits per heavy atom. The zero-order valence-corrected chi connectivity index (χ0v) is 15.9. The highest BCUT2D eigenvalue weighted by Crippen LogP contribution is 2.25. The maximum atomic E-state index is 12.4. The summed E-state index contributed by atoms with van der Waals surface area (Å²) in [6.45, 7) is 7.00. The van der Waals surface area contributed by atoms with E-state index >= 15 is 0 Å². The minimum Gasteiger partial charge on any atom is -0.481 e. The van der Waals surface area contributed by atoms with Crippen molar-refractivity contribution in [3.05, 3.63) is 65.2 Å². The largest absolute Gasteiger partial charge is 0.481 e. The van der Waals surface area contributed by atoms with Crippen LogP contribution in [0.25, 0.3) is 0 Å². The molecule has 27 heavy (non-hydrogen) atoms. The first kappa shape index (κ1) is 20.2. The lowest BCUT2D eigenvalue weighted by Crippen LogP contribution is -2.30. The molecular weight excluding hydrogens is 344 g/mol. The first-order chi connectivity index (χ1) is 12.6. The van der Waals surface area contributed by atoms with E-state index in [4.69, 9.17) is 0 Å². The van der Waals surface area contributed by atoms with E-state index in [-0.39, 0.29) is 17.9 Å². The van der Waals surface area contributed by atoms with Crippen molar-refractivity contribution in [2.24, 2.45) is 0 Å². The van der Waals surface area contributed by atoms with Crippen LogP contribution in [0.2, 0.25) is 0 Å². The van der Waals surface area contributed by atoms with Gasteiger partial charge in [-0.25, -0.2) is 0 Å². The Kier molecular flexibility index (Phi) is 6.00. The Morgan fingerprint density at radius 2 is 1.33 bits per heavy atom. The van der Waals surface area contributed by atoms with Gasteiger partial charge in [0.05, 0.1) is 5.41 Å². The van der Waals surface area contributed by atoms with Crippen LogP contribution in [0.5, 0.6) is 0 Å². The molecule has 2 rings (SSSR count). The van der Waals surface area contributed by atoms with Gasteiger partial charge in [-0.3, -0.25) is 14.4 Å². The minimum atomic E-state index is -1.01. The maximum absolute atomic E-state index is 12.4. The number of carboxylic acids is 1. The van der Waals surface area contributed by atoms with Crippen LogP contribution in [0, 0.1) is 0 Å². The molecule has 2 amide bonds. The number of carbonyl (C=O) groups excluding carboxylic acids is 2. The highest BCUT2D eigenvalue weighted by molar-refractivity contribution is 6.05. The number of nitrogens with one attached hydrogen (secondary N) is 2. The summed E-state index contributed by atoms with van der Waals surface area (Å²) in [5.41, 5.74) is 1.11. The normalized spacial score (nSPS) is 11.1. The molecule has 0 saturated heterocycles. The van der Waals surface area contributed by atoms with Crippen molar-refractivity contribution in [2.45, 2.75) is 39.2 Å². The molecule has 0 heterocycles. The topological polar surface area (TPSA) is 95.5 Å². The third kappa shape index (κ3) is 4.94. The van der Waals surface area contributed by atoms with E-state index in [0.717, 1.165) is 0 Å². The lowest BCUT2D eigenvalue weighted by molar-refractivity contribution is -0.142. The SMILES string of the molecule is CC(C)NC(=O)c1ccc(C(=O)Nc2ccc(C(C)(C)C(=O)O)cc2)cc1. The molecule has 0 saturated carbocycles. The number of benzene rings is 2. The van der Waals surface area contributed by atoms with Crippen LogP contribution in [0.3, 0.4) is 0 Å². The standard InChI is InChI=1S/C21H24N2O4/c1-13(2)22-18(24)14-5-7-15(8-6-14)19(25)23-17-11-9-16(10-12-17)21(3,4)20(26)27/h5-13H,1-4H3,(H,22,24)(H,23,25)(H,26,27).